The lowest BCUT2D eigenvalue weighted by atomic mass is 10.0. The standard InChI is InChI=1S/C22H36N4O/c1-4-23-22(25-20-8-12-26(13-9-20)16-17(2)3)24-11-7-18-5-6-21-19(15-18)10-14-27-21/h5-6,15,17,20H,4,7-14,16H2,1-3H3,(H2,23,24,25). The number of guanidine groups is 1. The third-order valence-corrected chi connectivity index (χ3v) is 5.32. The molecule has 0 saturated carbocycles. The van der Waals surface area contributed by atoms with Gasteiger partial charge in [-0.1, -0.05) is 26.0 Å². The molecule has 5 heteroatoms. The van der Waals surface area contributed by atoms with E-state index in [1.807, 2.05) is 0 Å². The van der Waals surface area contributed by atoms with Crippen LogP contribution in [0.3, 0.4) is 0 Å². The Balaban J connectivity index is 1.47. The first-order valence-electron chi connectivity index (χ1n) is 10.7. The molecule has 2 N–H and O–H groups in total. The Morgan fingerprint density at radius 3 is 2.85 bits per heavy atom. The normalized spacial score (nSPS) is 18.4. The van der Waals surface area contributed by atoms with Crippen LogP contribution in [0.4, 0.5) is 0 Å². The Morgan fingerprint density at radius 2 is 2.11 bits per heavy atom. The van der Waals surface area contributed by atoms with Gasteiger partial charge in [0, 0.05) is 45.2 Å². The Hall–Kier alpha value is -1.75. The second-order valence-corrected chi connectivity index (χ2v) is 8.16. The van der Waals surface area contributed by atoms with E-state index in [-0.39, 0.29) is 0 Å². The van der Waals surface area contributed by atoms with E-state index in [1.54, 1.807) is 0 Å². The number of piperidine rings is 1. The van der Waals surface area contributed by atoms with Crippen LogP contribution in [0.15, 0.2) is 23.2 Å². The number of ether oxygens (including phenoxy) is 1. The highest BCUT2D eigenvalue weighted by atomic mass is 16.5. The topological polar surface area (TPSA) is 48.9 Å². The zero-order chi connectivity index (χ0) is 19.1. The van der Waals surface area contributed by atoms with E-state index in [2.05, 4.69) is 54.5 Å². The van der Waals surface area contributed by atoms with Crippen molar-refractivity contribution in [3.63, 3.8) is 0 Å². The summed E-state index contributed by atoms with van der Waals surface area (Å²) in [6, 6.07) is 7.09. The Bertz CT molecular complexity index is 621. The molecule has 150 valence electrons. The van der Waals surface area contributed by atoms with Crippen LogP contribution in [0.2, 0.25) is 0 Å². The molecular formula is C22H36N4O. The molecule has 1 aromatic rings. The van der Waals surface area contributed by atoms with Crippen molar-refractivity contribution < 1.29 is 4.74 Å². The molecule has 27 heavy (non-hydrogen) atoms. The number of rotatable bonds is 7. The van der Waals surface area contributed by atoms with Crippen molar-refractivity contribution in [2.24, 2.45) is 10.9 Å². The predicted octanol–water partition coefficient (Wildman–Crippen LogP) is 2.84. The second kappa shape index (κ2) is 9.98. The molecular weight excluding hydrogens is 336 g/mol. The third-order valence-electron chi connectivity index (χ3n) is 5.32. The monoisotopic (exact) mass is 372 g/mol. The van der Waals surface area contributed by atoms with E-state index in [9.17, 15) is 0 Å². The number of hydrogen-bond acceptors (Lipinski definition) is 3. The van der Waals surface area contributed by atoms with E-state index in [4.69, 9.17) is 9.73 Å². The Morgan fingerprint density at radius 1 is 1.30 bits per heavy atom. The molecule has 0 bridgehead atoms. The van der Waals surface area contributed by atoms with Crippen LogP contribution in [0.5, 0.6) is 5.75 Å². The smallest absolute Gasteiger partial charge is 0.191 e. The second-order valence-electron chi connectivity index (χ2n) is 8.16. The molecule has 0 unspecified atom stereocenters. The molecule has 2 aliphatic rings. The fraction of sp³-hybridized carbons (Fsp3) is 0.682. The molecule has 0 atom stereocenters. The average Bonchev–Trinajstić information content (AvgIpc) is 3.11. The molecule has 2 heterocycles. The van der Waals surface area contributed by atoms with Crippen molar-refractivity contribution in [2.75, 3.05) is 39.3 Å². The zero-order valence-corrected chi connectivity index (χ0v) is 17.3. The number of likely N-dealkylation sites (tertiary alicyclic amines) is 1. The minimum absolute atomic E-state index is 0.531. The van der Waals surface area contributed by atoms with Gasteiger partial charge < -0.3 is 20.3 Å². The van der Waals surface area contributed by atoms with E-state index in [1.165, 1.54) is 43.6 Å². The number of benzene rings is 1. The quantitative estimate of drug-likeness (QED) is 0.571. The Labute approximate surface area is 164 Å². The summed E-state index contributed by atoms with van der Waals surface area (Å²) in [5.41, 5.74) is 2.69. The third kappa shape index (κ3) is 6.13. The first-order chi connectivity index (χ1) is 13.1. The predicted molar refractivity (Wildman–Crippen MR) is 113 cm³/mol. The van der Waals surface area contributed by atoms with Gasteiger partial charge in [0.15, 0.2) is 5.96 Å². The summed E-state index contributed by atoms with van der Waals surface area (Å²) in [5, 5.41) is 7.06. The van der Waals surface area contributed by atoms with Crippen molar-refractivity contribution >= 4 is 5.96 Å². The summed E-state index contributed by atoms with van der Waals surface area (Å²) in [7, 11) is 0. The maximum atomic E-state index is 5.59. The van der Waals surface area contributed by atoms with Gasteiger partial charge in [0.1, 0.15) is 5.75 Å². The SMILES string of the molecule is CCNC(=NCCc1ccc2c(c1)CCO2)NC1CCN(CC(C)C)CC1. The molecule has 0 radical (unpaired) electrons. The molecule has 1 fully saturated rings. The molecule has 0 spiro atoms. The van der Waals surface area contributed by atoms with Crippen LogP contribution in [0.1, 0.15) is 44.7 Å². The van der Waals surface area contributed by atoms with E-state index in [0.717, 1.165) is 50.2 Å². The molecule has 0 amide bonds. The lowest BCUT2D eigenvalue weighted by Gasteiger charge is -2.34. The van der Waals surface area contributed by atoms with Gasteiger partial charge >= 0.3 is 0 Å². The van der Waals surface area contributed by atoms with Gasteiger partial charge in [-0.05, 0) is 49.3 Å². The molecule has 2 aliphatic heterocycles. The summed E-state index contributed by atoms with van der Waals surface area (Å²) in [4.78, 5) is 7.40. The minimum Gasteiger partial charge on any atom is -0.493 e. The van der Waals surface area contributed by atoms with Gasteiger partial charge in [0.25, 0.3) is 0 Å². The fourth-order valence-corrected chi connectivity index (χ4v) is 3.98. The highest BCUT2D eigenvalue weighted by Gasteiger charge is 2.20. The molecule has 0 aliphatic carbocycles. The zero-order valence-electron chi connectivity index (χ0n) is 17.3. The fourth-order valence-electron chi connectivity index (χ4n) is 3.98. The lowest BCUT2D eigenvalue weighted by molar-refractivity contribution is 0.187. The number of fused-ring (bicyclic) bond motifs is 1. The minimum atomic E-state index is 0.531. The van der Waals surface area contributed by atoms with Crippen LogP contribution in [-0.2, 0) is 12.8 Å². The summed E-state index contributed by atoms with van der Waals surface area (Å²) in [6.07, 6.45) is 4.40. The van der Waals surface area contributed by atoms with Crippen molar-refractivity contribution in [3.8, 4) is 5.75 Å². The van der Waals surface area contributed by atoms with Crippen molar-refractivity contribution in [1.29, 1.82) is 0 Å². The largest absolute Gasteiger partial charge is 0.493 e. The number of aliphatic imine (C=N–C) groups is 1. The van der Waals surface area contributed by atoms with E-state index in [0.29, 0.717) is 6.04 Å². The van der Waals surface area contributed by atoms with Crippen LogP contribution in [-0.4, -0.2) is 56.2 Å². The van der Waals surface area contributed by atoms with Gasteiger partial charge in [-0.3, -0.25) is 4.99 Å². The maximum absolute atomic E-state index is 5.59. The van der Waals surface area contributed by atoms with Crippen LogP contribution in [0, 0.1) is 5.92 Å². The molecule has 3 rings (SSSR count). The first-order valence-corrected chi connectivity index (χ1v) is 10.7. The van der Waals surface area contributed by atoms with Gasteiger partial charge in [-0.2, -0.15) is 0 Å². The van der Waals surface area contributed by atoms with Crippen molar-refractivity contribution in [2.45, 2.75) is 52.5 Å². The van der Waals surface area contributed by atoms with Crippen LogP contribution in [0.25, 0.3) is 0 Å². The Kier molecular flexibility index (Phi) is 7.39. The van der Waals surface area contributed by atoms with Crippen molar-refractivity contribution in [1.82, 2.24) is 15.5 Å². The molecule has 5 nitrogen and oxygen atoms in total. The van der Waals surface area contributed by atoms with E-state index < -0.39 is 0 Å². The number of nitrogens with one attached hydrogen (secondary N) is 2. The van der Waals surface area contributed by atoms with Crippen LogP contribution >= 0.6 is 0 Å². The van der Waals surface area contributed by atoms with Gasteiger partial charge in [0.2, 0.25) is 0 Å². The molecule has 0 aromatic heterocycles. The first kappa shape index (κ1) is 20.0. The molecule has 1 aromatic carbocycles. The summed E-state index contributed by atoms with van der Waals surface area (Å²) in [6.45, 7) is 12.8. The summed E-state index contributed by atoms with van der Waals surface area (Å²) >= 11 is 0. The maximum Gasteiger partial charge on any atom is 0.191 e. The van der Waals surface area contributed by atoms with E-state index >= 15 is 0 Å². The number of nitrogens with zero attached hydrogens (tertiary/aromatic N) is 2. The highest BCUT2D eigenvalue weighted by molar-refractivity contribution is 5.80. The molecule has 1 saturated heterocycles. The van der Waals surface area contributed by atoms with Crippen molar-refractivity contribution in [3.05, 3.63) is 29.3 Å². The summed E-state index contributed by atoms with van der Waals surface area (Å²) < 4.78 is 5.59. The number of hydrogen-bond donors (Lipinski definition) is 2. The van der Waals surface area contributed by atoms with Gasteiger partial charge in [0.05, 0.1) is 6.61 Å². The highest BCUT2D eigenvalue weighted by Crippen LogP contribution is 2.25. The van der Waals surface area contributed by atoms with Gasteiger partial charge in [-0.25, -0.2) is 0 Å². The average molecular weight is 373 g/mol. The lowest BCUT2D eigenvalue weighted by Crippen LogP contribution is -2.49. The van der Waals surface area contributed by atoms with Crippen LogP contribution < -0.4 is 15.4 Å². The van der Waals surface area contributed by atoms with Gasteiger partial charge in [-0.15, -0.1) is 0 Å². The summed E-state index contributed by atoms with van der Waals surface area (Å²) in [5.74, 6) is 2.77.